The third-order valence-electron chi connectivity index (χ3n) is 3.68. The van der Waals surface area contributed by atoms with Gasteiger partial charge < -0.3 is 10.3 Å². The number of rotatable bonds is 2. The fourth-order valence-electron chi connectivity index (χ4n) is 2.80. The molecule has 1 aromatic rings. The van der Waals surface area contributed by atoms with Crippen LogP contribution in [0.2, 0.25) is 0 Å². The number of hydrogen-bond donors (Lipinski definition) is 2. The summed E-state index contributed by atoms with van der Waals surface area (Å²) in [6.07, 6.45) is 15.4. The highest BCUT2D eigenvalue weighted by Gasteiger charge is 2.21. The lowest BCUT2D eigenvalue weighted by molar-refractivity contribution is 0.435. The summed E-state index contributed by atoms with van der Waals surface area (Å²) in [5, 5.41) is 3.78. The van der Waals surface area contributed by atoms with Crippen molar-refractivity contribution in [2.75, 3.05) is 0 Å². The molecule has 2 fully saturated rings. The summed E-state index contributed by atoms with van der Waals surface area (Å²) in [4.78, 5) is 2.86. The molecule has 0 atom stereocenters. The molecule has 2 saturated carbocycles. The van der Waals surface area contributed by atoms with Gasteiger partial charge in [0.2, 0.25) is 0 Å². The Balaban J connectivity index is 0.000000162. The lowest BCUT2D eigenvalue weighted by Crippen LogP contribution is -2.34. The third kappa shape index (κ3) is 4.01. The van der Waals surface area contributed by atoms with Gasteiger partial charge in [0.25, 0.3) is 0 Å². The van der Waals surface area contributed by atoms with Gasteiger partial charge in [0, 0.05) is 24.5 Å². The molecule has 0 bridgehead atoms. The van der Waals surface area contributed by atoms with Crippen molar-refractivity contribution in [2.24, 2.45) is 0 Å². The van der Waals surface area contributed by atoms with Crippen molar-refractivity contribution >= 4 is 0 Å². The summed E-state index contributed by atoms with van der Waals surface area (Å²) in [5.41, 5.74) is 0. The molecule has 2 N–H and O–H groups in total. The molecule has 2 nitrogen and oxygen atoms in total. The number of aromatic nitrogens is 1. The number of hydrogen-bond acceptors (Lipinski definition) is 1. The molecule has 0 aliphatic heterocycles. The van der Waals surface area contributed by atoms with Crippen LogP contribution in [-0.4, -0.2) is 17.1 Å². The second kappa shape index (κ2) is 6.74. The van der Waals surface area contributed by atoms with Crippen molar-refractivity contribution in [3.05, 3.63) is 24.5 Å². The molecule has 2 aliphatic carbocycles. The zero-order chi connectivity index (χ0) is 11.1. The zero-order valence-corrected chi connectivity index (χ0v) is 10.1. The Bertz CT molecular complexity index is 212. The van der Waals surface area contributed by atoms with E-state index in [0.29, 0.717) is 0 Å². The van der Waals surface area contributed by atoms with E-state index < -0.39 is 0 Å². The van der Waals surface area contributed by atoms with E-state index in [9.17, 15) is 0 Å². The van der Waals surface area contributed by atoms with Crippen LogP contribution in [0.25, 0.3) is 0 Å². The summed E-state index contributed by atoms with van der Waals surface area (Å²) in [6.45, 7) is 0. The third-order valence-corrected chi connectivity index (χ3v) is 3.68. The Morgan fingerprint density at radius 2 is 1.19 bits per heavy atom. The van der Waals surface area contributed by atoms with Gasteiger partial charge in [-0.25, -0.2) is 0 Å². The van der Waals surface area contributed by atoms with Crippen LogP contribution in [0.15, 0.2) is 24.5 Å². The van der Waals surface area contributed by atoms with Crippen LogP contribution >= 0.6 is 0 Å². The highest BCUT2D eigenvalue weighted by Crippen LogP contribution is 2.23. The molecule has 90 valence electrons. The minimum Gasteiger partial charge on any atom is -0.368 e. The smallest absolute Gasteiger partial charge is 0.00696 e. The maximum absolute atomic E-state index is 3.78. The van der Waals surface area contributed by atoms with Gasteiger partial charge in [0.15, 0.2) is 0 Å². The van der Waals surface area contributed by atoms with E-state index in [4.69, 9.17) is 0 Å². The van der Waals surface area contributed by atoms with E-state index in [2.05, 4.69) is 10.3 Å². The quantitative estimate of drug-likeness (QED) is 0.784. The first-order valence-electron chi connectivity index (χ1n) is 6.79. The zero-order valence-electron chi connectivity index (χ0n) is 10.1. The summed E-state index contributed by atoms with van der Waals surface area (Å²) in [5.74, 6) is 0. The van der Waals surface area contributed by atoms with Gasteiger partial charge in [-0.05, 0) is 37.8 Å². The largest absolute Gasteiger partial charge is 0.368 e. The first kappa shape index (κ1) is 11.7. The maximum atomic E-state index is 3.78. The average Bonchev–Trinajstić information content (AvgIpc) is 3.05. The molecule has 0 radical (unpaired) electrons. The Morgan fingerprint density at radius 1 is 0.750 bits per heavy atom. The Morgan fingerprint density at radius 3 is 1.50 bits per heavy atom. The average molecular weight is 220 g/mol. The Hall–Kier alpha value is -0.760. The van der Waals surface area contributed by atoms with Crippen molar-refractivity contribution in [2.45, 2.75) is 63.5 Å². The first-order valence-corrected chi connectivity index (χ1v) is 6.79. The molecule has 1 aromatic heterocycles. The second-order valence-electron chi connectivity index (χ2n) is 5.01. The van der Waals surface area contributed by atoms with Crippen molar-refractivity contribution in [3.8, 4) is 0 Å². The lowest BCUT2D eigenvalue weighted by atomic mass is 10.2. The van der Waals surface area contributed by atoms with Crippen molar-refractivity contribution in [1.29, 1.82) is 0 Å². The van der Waals surface area contributed by atoms with Crippen molar-refractivity contribution in [3.63, 3.8) is 0 Å². The van der Waals surface area contributed by atoms with Gasteiger partial charge in [-0.2, -0.15) is 0 Å². The fraction of sp³-hybridized carbons (Fsp3) is 0.714. The molecule has 2 aliphatic rings. The monoisotopic (exact) mass is 220 g/mol. The van der Waals surface area contributed by atoms with Crippen LogP contribution in [0.5, 0.6) is 0 Å². The SMILES string of the molecule is C1CCC(NC2CCCC2)C1.c1cc[nH]c1. The molecule has 2 heteroatoms. The van der Waals surface area contributed by atoms with E-state index in [1.165, 1.54) is 51.4 Å². The molecule has 0 aromatic carbocycles. The van der Waals surface area contributed by atoms with Crippen LogP contribution in [0.3, 0.4) is 0 Å². The van der Waals surface area contributed by atoms with Crippen LogP contribution in [0.1, 0.15) is 51.4 Å². The van der Waals surface area contributed by atoms with Gasteiger partial charge in [-0.1, -0.05) is 25.7 Å². The number of nitrogens with one attached hydrogen (secondary N) is 2. The Labute approximate surface area is 98.8 Å². The normalized spacial score (nSPS) is 22.0. The highest BCUT2D eigenvalue weighted by molar-refractivity contribution is 4.85. The second-order valence-corrected chi connectivity index (χ2v) is 5.01. The molecule has 16 heavy (non-hydrogen) atoms. The molecular weight excluding hydrogens is 196 g/mol. The predicted molar refractivity (Wildman–Crippen MR) is 68.4 cm³/mol. The van der Waals surface area contributed by atoms with Gasteiger partial charge in [-0.15, -0.1) is 0 Å². The number of H-pyrrole nitrogens is 1. The van der Waals surface area contributed by atoms with Gasteiger partial charge in [0.1, 0.15) is 0 Å². The molecule has 0 spiro atoms. The van der Waals surface area contributed by atoms with E-state index in [-0.39, 0.29) is 0 Å². The topological polar surface area (TPSA) is 27.8 Å². The minimum absolute atomic E-state index is 0.887. The molecule has 1 heterocycles. The van der Waals surface area contributed by atoms with Gasteiger partial charge in [-0.3, -0.25) is 0 Å². The highest BCUT2D eigenvalue weighted by atomic mass is 15.0. The molecule has 0 unspecified atom stereocenters. The first-order chi connectivity index (χ1) is 7.95. The number of aromatic amines is 1. The predicted octanol–water partition coefficient (Wildman–Crippen LogP) is 3.48. The van der Waals surface area contributed by atoms with Crippen LogP contribution in [0.4, 0.5) is 0 Å². The van der Waals surface area contributed by atoms with Crippen LogP contribution in [-0.2, 0) is 0 Å². The fourth-order valence-corrected chi connectivity index (χ4v) is 2.80. The summed E-state index contributed by atoms with van der Waals surface area (Å²) in [6, 6.07) is 5.66. The van der Waals surface area contributed by atoms with Crippen molar-refractivity contribution in [1.82, 2.24) is 10.3 Å². The van der Waals surface area contributed by atoms with Crippen molar-refractivity contribution < 1.29 is 0 Å². The van der Waals surface area contributed by atoms with Gasteiger partial charge in [0.05, 0.1) is 0 Å². The van der Waals surface area contributed by atoms with E-state index in [1.807, 2.05) is 24.5 Å². The lowest BCUT2D eigenvalue weighted by Gasteiger charge is -2.17. The summed E-state index contributed by atoms with van der Waals surface area (Å²) in [7, 11) is 0. The molecule has 0 amide bonds. The molecular formula is C14H24N2. The Kier molecular flexibility index (Phi) is 4.94. The summed E-state index contributed by atoms with van der Waals surface area (Å²) >= 11 is 0. The van der Waals surface area contributed by atoms with E-state index in [1.54, 1.807) is 0 Å². The maximum Gasteiger partial charge on any atom is 0.00696 e. The van der Waals surface area contributed by atoms with Crippen LogP contribution in [0, 0.1) is 0 Å². The standard InChI is InChI=1S/C10H19N.C4H5N/c1-2-6-9(5-1)11-10-7-3-4-8-10;1-2-4-5-3-1/h9-11H,1-8H2;1-5H. The van der Waals surface area contributed by atoms with Crippen LogP contribution < -0.4 is 5.32 Å². The summed E-state index contributed by atoms with van der Waals surface area (Å²) < 4.78 is 0. The minimum atomic E-state index is 0.887. The van der Waals surface area contributed by atoms with E-state index >= 15 is 0 Å². The molecule has 3 rings (SSSR count). The van der Waals surface area contributed by atoms with E-state index in [0.717, 1.165) is 12.1 Å². The molecule has 0 saturated heterocycles. The van der Waals surface area contributed by atoms with Gasteiger partial charge >= 0.3 is 0 Å².